The second-order valence-electron chi connectivity index (χ2n) is 3.78. The summed E-state index contributed by atoms with van der Waals surface area (Å²) in [4.78, 5) is 15.5. The number of aliphatic hydroxyl groups is 1. The molecule has 1 heterocycles. The van der Waals surface area contributed by atoms with E-state index in [0.717, 1.165) is 12.8 Å². The summed E-state index contributed by atoms with van der Waals surface area (Å²) in [7, 11) is 1.76. The molecule has 1 saturated carbocycles. The van der Waals surface area contributed by atoms with Crippen molar-refractivity contribution in [3.8, 4) is 0 Å². The Labute approximate surface area is 81.8 Å². The van der Waals surface area contributed by atoms with Crippen LogP contribution < -0.4 is 5.32 Å². The van der Waals surface area contributed by atoms with Crippen molar-refractivity contribution in [3.63, 3.8) is 0 Å². The van der Waals surface area contributed by atoms with E-state index in [0.29, 0.717) is 5.69 Å². The molecule has 0 atom stereocenters. The zero-order valence-electron chi connectivity index (χ0n) is 8.03. The monoisotopic (exact) mass is 195 g/mol. The van der Waals surface area contributed by atoms with Crippen LogP contribution in [0.25, 0.3) is 0 Å². The number of aryl methyl sites for hydroxylation is 1. The quantitative estimate of drug-likeness (QED) is 0.694. The van der Waals surface area contributed by atoms with Gasteiger partial charge in [-0.1, -0.05) is 0 Å². The number of nitrogens with one attached hydrogen (secondary N) is 1. The van der Waals surface area contributed by atoms with Crippen LogP contribution in [0.4, 0.5) is 0 Å². The molecule has 1 aliphatic rings. The third-order valence-corrected chi connectivity index (χ3v) is 2.58. The minimum absolute atomic E-state index is 0.0105. The van der Waals surface area contributed by atoms with Crippen molar-refractivity contribution < 1.29 is 9.90 Å². The summed E-state index contributed by atoms with van der Waals surface area (Å²) in [5, 5.41) is 11.8. The summed E-state index contributed by atoms with van der Waals surface area (Å²) < 4.78 is 1.66. The molecule has 0 spiro atoms. The number of hydrogen-bond acceptors (Lipinski definition) is 3. The molecule has 0 radical (unpaired) electrons. The number of hydrogen-bond donors (Lipinski definition) is 2. The Morgan fingerprint density at radius 1 is 1.79 bits per heavy atom. The van der Waals surface area contributed by atoms with Gasteiger partial charge in [-0.3, -0.25) is 4.79 Å². The lowest BCUT2D eigenvalue weighted by molar-refractivity contribution is 0.0898. The van der Waals surface area contributed by atoms with Crippen LogP contribution in [-0.2, 0) is 7.05 Å². The number of aromatic nitrogens is 2. The molecule has 1 aromatic heterocycles. The molecule has 0 unspecified atom stereocenters. The first-order valence-corrected chi connectivity index (χ1v) is 4.57. The topological polar surface area (TPSA) is 67.2 Å². The summed E-state index contributed by atoms with van der Waals surface area (Å²) in [6.07, 6.45) is 4.80. The van der Waals surface area contributed by atoms with Gasteiger partial charge in [0.15, 0.2) is 0 Å². The molecule has 1 fully saturated rings. The molecular weight excluding hydrogens is 182 g/mol. The molecule has 0 aromatic carbocycles. The third kappa shape index (κ3) is 1.50. The van der Waals surface area contributed by atoms with Crippen molar-refractivity contribution in [2.45, 2.75) is 18.4 Å². The van der Waals surface area contributed by atoms with Gasteiger partial charge in [-0.2, -0.15) is 0 Å². The maximum atomic E-state index is 11.7. The fraction of sp³-hybridized carbons (Fsp3) is 0.556. The lowest BCUT2D eigenvalue weighted by Crippen LogP contribution is -2.40. The number of imidazole rings is 1. The van der Waals surface area contributed by atoms with E-state index in [1.165, 1.54) is 6.20 Å². The second-order valence-corrected chi connectivity index (χ2v) is 3.78. The zero-order chi connectivity index (χ0) is 10.2. The van der Waals surface area contributed by atoms with Crippen LogP contribution in [0.1, 0.15) is 23.3 Å². The number of amides is 1. The summed E-state index contributed by atoms with van der Waals surface area (Å²) in [5.74, 6) is -0.170. The minimum atomic E-state index is -0.360. The maximum absolute atomic E-state index is 11.7. The Morgan fingerprint density at radius 2 is 2.50 bits per heavy atom. The van der Waals surface area contributed by atoms with Crippen LogP contribution in [0.3, 0.4) is 0 Å². The van der Waals surface area contributed by atoms with Gasteiger partial charge in [0.2, 0.25) is 0 Å². The second kappa shape index (κ2) is 3.09. The third-order valence-electron chi connectivity index (χ3n) is 2.58. The first kappa shape index (κ1) is 9.21. The van der Waals surface area contributed by atoms with Crippen LogP contribution in [0.15, 0.2) is 12.5 Å². The van der Waals surface area contributed by atoms with E-state index < -0.39 is 0 Å². The minimum Gasteiger partial charge on any atom is -0.394 e. The van der Waals surface area contributed by atoms with Gasteiger partial charge in [-0.25, -0.2) is 4.98 Å². The van der Waals surface area contributed by atoms with Gasteiger partial charge in [0.25, 0.3) is 5.91 Å². The number of aliphatic hydroxyl groups excluding tert-OH is 1. The van der Waals surface area contributed by atoms with E-state index in [-0.39, 0.29) is 18.1 Å². The van der Waals surface area contributed by atoms with Crippen LogP contribution in [0, 0.1) is 0 Å². The highest BCUT2D eigenvalue weighted by atomic mass is 16.3. The highest BCUT2D eigenvalue weighted by molar-refractivity contribution is 5.93. The number of rotatable bonds is 3. The van der Waals surface area contributed by atoms with Crippen molar-refractivity contribution >= 4 is 5.91 Å². The van der Waals surface area contributed by atoms with Gasteiger partial charge < -0.3 is 15.0 Å². The molecule has 76 valence electrons. The van der Waals surface area contributed by atoms with E-state index in [4.69, 9.17) is 5.11 Å². The first-order chi connectivity index (χ1) is 6.67. The highest BCUT2D eigenvalue weighted by Crippen LogP contribution is 2.34. The molecule has 1 amide bonds. The van der Waals surface area contributed by atoms with Crippen molar-refractivity contribution in [1.82, 2.24) is 14.9 Å². The van der Waals surface area contributed by atoms with E-state index in [9.17, 15) is 4.79 Å². The molecule has 2 rings (SSSR count). The largest absolute Gasteiger partial charge is 0.394 e. The van der Waals surface area contributed by atoms with Crippen molar-refractivity contribution in [2.24, 2.45) is 7.05 Å². The molecule has 1 aromatic rings. The standard InChI is InChI=1S/C9H13N3O2/c1-12-6-10-4-7(12)8(14)11-9(5-13)2-3-9/h4,6,13H,2-3,5H2,1H3,(H,11,14). The number of carbonyl (C=O) groups excluding carboxylic acids is 1. The van der Waals surface area contributed by atoms with Crippen LogP contribution in [0.5, 0.6) is 0 Å². The van der Waals surface area contributed by atoms with Crippen LogP contribution in [0.2, 0.25) is 0 Å². The van der Waals surface area contributed by atoms with Crippen molar-refractivity contribution in [1.29, 1.82) is 0 Å². The van der Waals surface area contributed by atoms with Crippen molar-refractivity contribution in [2.75, 3.05) is 6.61 Å². The molecule has 0 aliphatic heterocycles. The Bertz CT molecular complexity index is 355. The first-order valence-electron chi connectivity index (χ1n) is 4.57. The molecule has 0 saturated heterocycles. The smallest absolute Gasteiger partial charge is 0.270 e. The lowest BCUT2D eigenvalue weighted by Gasteiger charge is -2.13. The zero-order valence-corrected chi connectivity index (χ0v) is 8.03. The highest BCUT2D eigenvalue weighted by Gasteiger charge is 2.43. The predicted molar refractivity (Wildman–Crippen MR) is 49.7 cm³/mol. The van der Waals surface area contributed by atoms with Crippen LogP contribution >= 0.6 is 0 Å². The SMILES string of the molecule is Cn1cncc1C(=O)NC1(CO)CC1. The van der Waals surface area contributed by atoms with Crippen LogP contribution in [-0.4, -0.2) is 32.7 Å². The molecule has 1 aliphatic carbocycles. The molecule has 2 N–H and O–H groups in total. The van der Waals surface area contributed by atoms with E-state index in [1.807, 2.05) is 0 Å². The molecular formula is C9H13N3O2. The van der Waals surface area contributed by atoms with Gasteiger partial charge in [0, 0.05) is 7.05 Å². The Hall–Kier alpha value is -1.36. The summed E-state index contributed by atoms with van der Waals surface area (Å²) in [5.41, 5.74) is 0.158. The molecule has 5 heteroatoms. The molecule has 0 bridgehead atoms. The van der Waals surface area contributed by atoms with Gasteiger partial charge in [-0.05, 0) is 12.8 Å². The van der Waals surface area contributed by atoms with E-state index in [2.05, 4.69) is 10.3 Å². The lowest BCUT2D eigenvalue weighted by atomic mass is 10.3. The van der Waals surface area contributed by atoms with Gasteiger partial charge >= 0.3 is 0 Å². The van der Waals surface area contributed by atoms with E-state index in [1.54, 1.807) is 17.9 Å². The Kier molecular flexibility index (Phi) is 2.03. The predicted octanol–water partition coefficient (Wildman–Crippen LogP) is -0.325. The Balaban J connectivity index is 2.07. The van der Waals surface area contributed by atoms with Gasteiger partial charge in [-0.15, -0.1) is 0 Å². The summed E-state index contributed by atoms with van der Waals surface area (Å²) in [6.45, 7) is 0.0105. The average molecular weight is 195 g/mol. The number of nitrogens with zero attached hydrogens (tertiary/aromatic N) is 2. The van der Waals surface area contributed by atoms with Gasteiger partial charge in [0.05, 0.1) is 24.7 Å². The Morgan fingerprint density at radius 3 is 2.93 bits per heavy atom. The molecule has 14 heavy (non-hydrogen) atoms. The summed E-state index contributed by atoms with van der Waals surface area (Å²) >= 11 is 0. The van der Waals surface area contributed by atoms with Crippen molar-refractivity contribution in [3.05, 3.63) is 18.2 Å². The fourth-order valence-electron chi connectivity index (χ4n) is 1.35. The molecule has 5 nitrogen and oxygen atoms in total. The summed E-state index contributed by atoms with van der Waals surface area (Å²) in [6, 6.07) is 0. The average Bonchev–Trinajstić information content (AvgIpc) is 2.80. The number of carbonyl (C=O) groups is 1. The fourth-order valence-corrected chi connectivity index (χ4v) is 1.35. The normalized spacial score (nSPS) is 17.9. The maximum Gasteiger partial charge on any atom is 0.270 e. The van der Waals surface area contributed by atoms with E-state index >= 15 is 0 Å². The van der Waals surface area contributed by atoms with Gasteiger partial charge in [0.1, 0.15) is 5.69 Å².